The average Bonchev–Trinajstić information content (AvgIpc) is 2.66. The lowest BCUT2D eigenvalue weighted by molar-refractivity contribution is -0.149. The SMILES string of the molecule is CCOC(=O)C1CCCN(C(=NC)NCCC(C)c2ccccc2)C1.I. The molecule has 1 heterocycles. The minimum atomic E-state index is -0.0830. The van der Waals surface area contributed by atoms with E-state index < -0.39 is 0 Å². The van der Waals surface area contributed by atoms with Gasteiger partial charge in [-0.1, -0.05) is 37.3 Å². The van der Waals surface area contributed by atoms with Crippen molar-refractivity contribution < 1.29 is 9.53 Å². The fourth-order valence-corrected chi connectivity index (χ4v) is 3.30. The third kappa shape index (κ3) is 6.78. The quantitative estimate of drug-likeness (QED) is 0.297. The molecule has 0 spiro atoms. The Kier molecular flexibility index (Phi) is 10.6. The Morgan fingerprint density at radius 3 is 2.77 bits per heavy atom. The van der Waals surface area contributed by atoms with Gasteiger partial charge in [-0.25, -0.2) is 0 Å². The normalized spacial score (nSPS) is 18.7. The summed E-state index contributed by atoms with van der Waals surface area (Å²) >= 11 is 0. The molecule has 0 radical (unpaired) electrons. The van der Waals surface area contributed by atoms with E-state index >= 15 is 0 Å². The predicted octanol–water partition coefficient (Wildman–Crippen LogP) is 3.65. The second-order valence-electron chi connectivity index (χ2n) is 6.61. The number of hydrogen-bond donors (Lipinski definition) is 1. The molecule has 0 amide bonds. The highest BCUT2D eigenvalue weighted by Crippen LogP contribution is 2.19. The van der Waals surface area contributed by atoms with E-state index in [1.165, 1.54) is 5.56 Å². The van der Waals surface area contributed by atoms with E-state index in [1.54, 1.807) is 7.05 Å². The Balaban J connectivity index is 0.00000338. The summed E-state index contributed by atoms with van der Waals surface area (Å²) in [6, 6.07) is 10.6. The molecule has 1 N–H and O–H groups in total. The molecule has 1 saturated heterocycles. The van der Waals surface area contributed by atoms with E-state index in [2.05, 4.69) is 46.4 Å². The maximum absolute atomic E-state index is 12.0. The molecule has 2 atom stereocenters. The monoisotopic (exact) mass is 473 g/mol. The fraction of sp³-hybridized carbons (Fsp3) is 0.600. The lowest BCUT2D eigenvalue weighted by atomic mass is 9.98. The summed E-state index contributed by atoms with van der Waals surface area (Å²) in [6.07, 6.45) is 2.93. The van der Waals surface area contributed by atoms with Crippen LogP contribution in [0.25, 0.3) is 0 Å². The first-order chi connectivity index (χ1) is 12.2. The van der Waals surface area contributed by atoms with Crippen molar-refractivity contribution in [2.45, 2.75) is 39.0 Å². The Morgan fingerprint density at radius 1 is 1.38 bits per heavy atom. The molecular formula is C20H32IN3O2. The topological polar surface area (TPSA) is 53.9 Å². The maximum Gasteiger partial charge on any atom is 0.310 e. The second-order valence-corrected chi connectivity index (χ2v) is 6.61. The summed E-state index contributed by atoms with van der Waals surface area (Å²) in [5.41, 5.74) is 1.36. The summed E-state index contributed by atoms with van der Waals surface area (Å²) in [5.74, 6) is 1.26. The number of benzene rings is 1. The van der Waals surface area contributed by atoms with Crippen LogP contribution in [-0.4, -0.2) is 50.1 Å². The third-order valence-corrected chi connectivity index (χ3v) is 4.78. The summed E-state index contributed by atoms with van der Waals surface area (Å²) in [7, 11) is 1.80. The molecule has 2 unspecified atom stereocenters. The molecule has 1 aliphatic heterocycles. The highest BCUT2D eigenvalue weighted by atomic mass is 127. The summed E-state index contributed by atoms with van der Waals surface area (Å²) in [5, 5.41) is 3.46. The smallest absolute Gasteiger partial charge is 0.310 e. The van der Waals surface area contributed by atoms with Gasteiger partial charge >= 0.3 is 5.97 Å². The molecule has 0 saturated carbocycles. The highest BCUT2D eigenvalue weighted by molar-refractivity contribution is 14.0. The minimum Gasteiger partial charge on any atom is -0.466 e. The van der Waals surface area contributed by atoms with Crippen molar-refractivity contribution in [2.24, 2.45) is 10.9 Å². The van der Waals surface area contributed by atoms with E-state index in [0.717, 1.165) is 38.3 Å². The number of ether oxygens (including phenoxy) is 1. The molecule has 1 aromatic carbocycles. The van der Waals surface area contributed by atoms with Gasteiger partial charge in [0.05, 0.1) is 12.5 Å². The summed E-state index contributed by atoms with van der Waals surface area (Å²) in [4.78, 5) is 18.6. The van der Waals surface area contributed by atoms with Gasteiger partial charge in [-0.2, -0.15) is 0 Å². The molecule has 1 aliphatic rings. The fourth-order valence-electron chi connectivity index (χ4n) is 3.30. The first kappa shape index (κ1) is 22.7. The van der Waals surface area contributed by atoms with Crippen LogP contribution in [-0.2, 0) is 9.53 Å². The summed E-state index contributed by atoms with van der Waals surface area (Å²) < 4.78 is 5.18. The number of carbonyl (C=O) groups is 1. The van der Waals surface area contributed by atoms with Crippen molar-refractivity contribution in [3.63, 3.8) is 0 Å². The Labute approximate surface area is 174 Å². The van der Waals surface area contributed by atoms with Crippen LogP contribution in [0.3, 0.4) is 0 Å². The lowest BCUT2D eigenvalue weighted by Crippen LogP contribution is -2.48. The van der Waals surface area contributed by atoms with Gasteiger partial charge in [0.25, 0.3) is 0 Å². The van der Waals surface area contributed by atoms with E-state index in [-0.39, 0.29) is 35.9 Å². The second kappa shape index (κ2) is 12.1. The zero-order valence-electron chi connectivity index (χ0n) is 16.1. The van der Waals surface area contributed by atoms with E-state index in [0.29, 0.717) is 19.1 Å². The molecule has 1 fully saturated rings. The van der Waals surface area contributed by atoms with E-state index in [1.807, 2.05) is 13.0 Å². The number of nitrogens with one attached hydrogen (secondary N) is 1. The van der Waals surface area contributed by atoms with Gasteiger partial charge in [-0.05, 0) is 37.7 Å². The number of halogens is 1. The molecule has 0 bridgehead atoms. The first-order valence-corrected chi connectivity index (χ1v) is 9.32. The van der Waals surface area contributed by atoms with Gasteiger partial charge in [0, 0.05) is 26.7 Å². The molecule has 26 heavy (non-hydrogen) atoms. The van der Waals surface area contributed by atoms with Crippen LogP contribution in [0.15, 0.2) is 35.3 Å². The molecule has 1 aromatic rings. The molecule has 2 rings (SSSR count). The number of hydrogen-bond acceptors (Lipinski definition) is 3. The van der Waals surface area contributed by atoms with Crippen LogP contribution in [0.2, 0.25) is 0 Å². The van der Waals surface area contributed by atoms with Crippen molar-refractivity contribution in [3.05, 3.63) is 35.9 Å². The number of guanidine groups is 1. The van der Waals surface area contributed by atoms with Crippen LogP contribution in [0.4, 0.5) is 0 Å². The van der Waals surface area contributed by atoms with Crippen molar-refractivity contribution in [2.75, 3.05) is 33.3 Å². The number of piperidine rings is 1. The molecule has 6 heteroatoms. The van der Waals surface area contributed by atoms with Crippen molar-refractivity contribution in [3.8, 4) is 0 Å². The number of carbonyl (C=O) groups excluding carboxylic acids is 1. The van der Waals surface area contributed by atoms with Crippen LogP contribution < -0.4 is 5.32 Å². The van der Waals surface area contributed by atoms with Gasteiger partial charge in [0.2, 0.25) is 0 Å². The minimum absolute atomic E-state index is 0. The zero-order valence-corrected chi connectivity index (χ0v) is 18.4. The van der Waals surface area contributed by atoms with Crippen molar-refractivity contribution in [1.29, 1.82) is 0 Å². The summed E-state index contributed by atoms with van der Waals surface area (Å²) in [6.45, 7) is 7.03. The van der Waals surface area contributed by atoms with Gasteiger partial charge < -0.3 is 15.0 Å². The van der Waals surface area contributed by atoms with Crippen LogP contribution in [0, 0.1) is 5.92 Å². The van der Waals surface area contributed by atoms with E-state index in [4.69, 9.17) is 4.74 Å². The van der Waals surface area contributed by atoms with Gasteiger partial charge in [-0.3, -0.25) is 9.79 Å². The number of esters is 1. The van der Waals surface area contributed by atoms with Gasteiger partial charge in [0.15, 0.2) is 5.96 Å². The molecule has 146 valence electrons. The standard InChI is InChI=1S/C20H31N3O2.HI/c1-4-25-19(24)18-11-8-14-23(15-18)20(21-3)22-13-12-16(2)17-9-6-5-7-10-17;/h5-7,9-10,16,18H,4,8,11-15H2,1-3H3,(H,21,22);1H. The van der Waals surface area contributed by atoms with Gasteiger partial charge in [0.1, 0.15) is 0 Å². The third-order valence-electron chi connectivity index (χ3n) is 4.78. The zero-order chi connectivity index (χ0) is 18.1. The predicted molar refractivity (Wildman–Crippen MR) is 117 cm³/mol. The van der Waals surface area contributed by atoms with Crippen LogP contribution >= 0.6 is 24.0 Å². The number of likely N-dealkylation sites (tertiary alicyclic amines) is 1. The Hall–Kier alpha value is -1.31. The molecule has 0 aromatic heterocycles. The van der Waals surface area contributed by atoms with Crippen LogP contribution in [0.1, 0.15) is 44.6 Å². The van der Waals surface area contributed by atoms with Crippen LogP contribution in [0.5, 0.6) is 0 Å². The van der Waals surface area contributed by atoms with Crippen molar-refractivity contribution in [1.82, 2.24) is 10.2 Å². The Bertz CT molecular complexity index is 565. The lowest BCUT2D eigenvalue weighted by Gasteiger charge is -2.34. The molecular weight excluding hydrogens is 441 g/mol. The number of aliphatic imine (C=N–C) groups is 1. The van der Waals surface area contributed by atoms with Gasteiger partial charge in [-0.15, -0.1) is 24.0 Å². The Morgan fingerprint density at radius 2 is 2.12 bits per heavy atom. The highest BCUT2D eigenvalue weighted by Gasteiger charge is 2.28. The largest absolute Gasteiger partial charge is 0.466 e. The maximum atomic E-state index is 12.0. The first-order valence-electron chi connectivity index (χ1n) is 9.32. The molecule has 0 aliphatic carbocycles. The number of nitrogens with zero attached hydrogens (tertiary/aromatic N) is 2. The van der Waals surface area contributed by atoms with Crippen molar-refractivity contribution >= 4 is 35.9 Å². The van der Waals surface area contributed by atoms with E-state index in [9.17, 15) is 4.79 Å². The molecule has 5 nitrogen and oxygen atoms in total. The number of rotatable bonds is 6. The average molecular weight is 473 g/mol.